The van der Waals surface area contributed by atoms with Gasteiger partial charge in [-0.05, 0) is 55.2 Å². The molecule has 8 heteroatoms. The molecule has 4 rings (SSSR count). The summed E-state index contributed by atoms with van der Waals surface area (Å²) in [6, 6.07) is 11.8. The zero-order chi connectivity index (χ0) is 24.6. The van der Waals surface area contributed by atoms with E-state index < -0.39 is 6.04 Å². The molecule has 1 aliphatic rings. The molecule has 2 heterocycles. The maximum Gasteiger partial charge on any atom is 0.290 e. The second-order valence-electron chi connectivity index (χ2n) is 8.59. The van der Waals surface area contributed by atoms with Crippen molar-refractivity contribution in [3.05, 3.63) is 78.0 Å². The van der Waals surface area contributed by atoms with Crippen molar-refractivity contribution in [1.82, 2.24) is 15.2 Å². The lowest BCUT2D eigenvalue weighted by Gasteiger charge is -2.31. The van der Waals surface area contributed by atoms with Crippen LogP contribution in [-0.4, -0.2) is 48.5 Å². The van der Waals surface area contributed by atoms with Crippen molar-refractivity contribution in [2.24, 2.45) is 0 Å². The number of aromatic nitrogens is 1. The number of carbonyl (C=O) groups excluding carboxylic acids is 2. The van der Waals surface area contributed by atoms with Gasteiger partial charge in [-0.3, -0.25) is 14.6 Å². The van der Waals surface area contributed by atoms with Gasteiger partial charge >= 0.3 is 0 Å². The van der Waals surface area contributed by atoms with Crippen LogP contribution in [0.15, 0.2) is 65.5 Å². The van der Waals surface area contributed by atoms with Gasteiger partial charge in [-0.1, -0.05) is 25.0 Å². The maximum absolute atomic E-state index is 13.6. The number of rotatable bonds is 10. The Morgan fingerprint density at radius 1 is 1.11 bits per heavy atom. The van der Waals surface area contributed by atoms with Gasteiger partial charge in [0.15, 0.2) is 17.3 Å². The van der Waals surface area contributed by atoms with Gasteiger partial charge in [0.05, 0.1) is 20.5 Å². The van der Waals surface area contributed by atoms with Gasteiger partial charge in [-0.15, -0.1) is 0 Å². The fourth-order valence-corrected chi connectivity index (χ4v) is 4.54. The van der Waals surface area contributed by atoms with Crippen LogP contribution in [0.4, 0.5) is 0 Å². The van der Waals surface area contributed by atoms with Crippen molar-refractivity contribution < 1.29 is 23.5 Å². The lowest BCUT2D eigenvalue weighted by atomic mass is 10.0. The molecule has 1 fully saturated rings. The molecule has 0 unspecified atom stereocenters. The number of methoxy groups -OCH3 is 2. The van der Waals surface area contributed by atoms with Gasteiger partial charge in [-0.2, -0.15) is 0 Å². The quantitative estimate of drug-likeness (QED) is 0.471. The van der Waals surface area contributed by atoms with Crippen molar-refractivity contribution >= 4 is 11.8 Å². The van der Waals surface area contributed by atoms with Gasteiger partial charge in [0, 0.05) is 30.5 Å². The Morgan fingerprint density at radius 2 is 1.91 bits per heavy atom. The minimum Gasteiger partial charge on any atom is -0.493 e. The number of carbonyl (C=O) groups is 2. The average Bonchev–Trinajstić information content (AvgIpc) is 3.61. The lowest BCUT2D eigenvalue weighted by Crippen LogP contribution is -2.46. The summed E-state index contributed by atoms with van der Waals surface area (Å²) < 4.78 is 16.2. The van der Waals surface area contributed by atoms with Gasteiger partial charge in [0.1, 0.15) is 6.04 Å². The summed E-state index contributed by atoms with van der Waals surface area (Å²) in [7, 11) is 3.17. The number of furan rings is 1. The first kappa shape index (κ1) is 24.3. The van der Waals surface area contributed by atoms with Gasteiger partial charge in [0.25, 0.3) is 5.91 Å². The predicted molar refractivity (Wildman–Crippen MR) is 130 cm³/mol. The minimum atomic E-state index is -0.845. The molecule has 0 radical (unpaired) electrons. The Labute approximate surface area is 205 Å². The third kappa shape index (κ3) is 5.82. The van der Waals surface area contributed by atoms with Crippen LogP contribution in [0.3, 0.4) is 0 Å². The standard InChI is InChI=1S/C27H31N3O5/c1-33-22-12-11-19(17-24(22)34-2)13-15-30(27(32)23-10-6-16-35-23)25(20-7-5-14-28-18-20)26(31)29-21-8-3-4-9-21/h5-7,10-12,14,16-18,21,25H,3-4,8-9,13,15H2,1-2H3,(H,29,31)/t25-/m1/s1. The highest BCUT2D eigenvalue weighted by Gasteiger charge is 2.34. The first-order valence-electron chi connectivity index (χ1n) is 11.9. The van der Waals surface area contributed by atoms with E-state index in [2.05, 4.69) is 10.3 Å². The third-order valence-corrected chi connectivity index (χ3v) is 6.34. The van der Waals surface area contributed by atoms with Gasteiger partial charge in [0.2, 0.25) is 5.91 Å². The van der Waals surface area contributed by atoms with Crippen molar-refractivity contribution in [3.8, 4) is 11.5 Å². The molecule has 184 valence electrons. The number of nitrogens with zero attached hydrogens (tertiary/aromatic N) is 2. The number of benzene rings is 1. The largest absolute Gasteiger partial charge is 0.493 e. The van der Waals surface area contributed by atoms with Crippen LogP contribution in [0.25, 0.3) is 0 Å². The Kier molecular flexibility index (Phi) is 8.03. The molecule has 2 aromatic heterocycles. The van der Waals surface area contributed by atoms with Crippen molar-refractivity contribution in [2.75, 3.05) is 20.8 Å². The predicted octanol–water partition coefficient (Wildman–Crippen LogP) is 4.18. The minimum absolute atomic E-state index is 0.119. The molecule has 1 aliphatic carbocycles. The molecular formula is C27H31N3O5. The molecule has 1 atom stereocenters. The fourth-order valence-electron chi connectivity index (χ4n) is 4.54. The smallest absolute Gasteiger partial charge is 0.290 e. The summed E-state index contributed by atoms with van der Waals surface area (Å²) in [6.07, 6.45) is 9.33. The Hall–Kier alpha value is -3.81. The molecule has 2 amide bonds. The number of ether oxygens (including phenoxy) is 2. The monoisotopic (exact) mass is 477 g/mol. The molecule has 0 bridgehead atoms. The number of pyridine rings is 1. The van der Waals surface area contributed by atoms with Crippen LogP contribution < -0.4 is 14.8 Å². The maximum atomic E-state index is 13.6. The first-order valence-corrected chi connectivity index (χ1v) is 11.9. The molecule has 0 aliphatic heterocycles. The zero-order valence-electron chi connectivity index (χ0n) is 20.1. The Morgan fingerprint density at radius 3 is 2.57 bits per heavy atom. The highest BCUT2D eigenvalue weighted by molar-refractivity contribution is 5.96. The highest BCUT2D eigenvalue weighted by atomic mass is 16.5. The van der Waals surface area contributed by atoms with E-state index in [0.29, 0.717) is 23.5 Å². The molecular weight excluding hydrogens is 446 g/mol. The normalized spacial score (nSPS) is 14.3. The van der Waals surface area contributed by atoms with Crippen molar-refractivity contribution in [3.63, 3.8) is 0 Å². The Bertz CT molecular complexity index is 1110. The van der Waals surface area contributed by atoms with Gasteiger partial charge < -0.3 is 24.1 Å². The summed E-state index contributed by atoms with van der Waals surface area (Å²) in [6.45, 7) is 0.284. The SMILES string of the molecule is COc1ccc(CCN(C(=O)c2ccco2)[C@@H](C(=O)NC2CCCC2)c2cccnc2)cc1OC. The third-order valence-electron chi connectivity index (χ3n) is 6.34. The second kappa shape index (κ2) is 11.6. The summed E-state index contributed by atoms with van der Waals surface area (Å²) in [5.74, 6) is 0.850. The van der Waals surface area contributed by atoms with E-state index in [-0.39, 0.29) is 30.2 Å². The van der Waals surface area contributed by atoms with E-state index in [1.54, 1.807) is 49.7 Å². The van der Waals surface area contributed by atoms with Crippen LogP contribution >= 0.6 is 0 Å². The van der Waals surface area contributed by atoms with E-state index in [1.807, 2.05) is 24.3 Å². The van der Waals surface area contributed by atoms with E-state index in [0.717, 1.165) is 31.2 Å². The number of nitrogens with one attached hydrogen (secondary N) is 1. The molecule has 0 spiro atoms. The Balaban J connectivity index is 1.65. The van der Waals surface area contributed by atoms with Crippen LogP contribution in [-0.2, 0) is 11.2 Å². The van der Waals surface area contributed by atoms with E-state index in [9.17, 15) is 9.59 Å². The summed E-state index contributed by atoms with van der Waals surface area (Å²) in [4.78, 5) is 33.0. The summed E-state index contributed by atoms with van der Waals surface area (Å²) >= 11 is 0. The topological polar surface area (TPSA) is 93.9 Å². The van der Waals surface area contributed by atoms with E-state index in [4.69, 9.17) is 13.9 Å². The molecule has 1 aromatic carbocycles. The van der Waals surface area contributed by atoms with Crippen LogP contribution in [0.5, 0.6) is 11.5 Å². The summed E-state index contributed by atoms with van der Waals surface area (Å²) in [5.41, 5.74) is 1.59. The van der Waals surface area contributed by atoms with Gasteiger partial charge in [-0.25, -0.2) is 0 Å². The molecule has 0 saturated heterocycles. The number of amides is 2. The lowest BCUT2D eigenvalue weighted by molar-refractivity contribution is -0.126. The molecule has 3 aromatic rings. The van der Waals surface area contributed by atoms with Crippen LogP contribution in [0, 0.1) is 0 Å². The fraction of sp³-hybridized carbons (Fsp3) is 0.370. The molecule has 1 N–H and O–H groups in total. The number of hydrogen-bond donors (Lipinski definition) is 1. The molecule has 1 saturated carbocycles. The summed E-state index contributed by atoms with van der Waals surface area (Å²) in [5, 5.41) is 3.16. The highest BCUT2D eigenvalue weighted by Crippen LogP contribution is 2.29. The van der Waals surface area contributed by atoms with Crippen molar-refractivity contribution in [1.29, 1.82) is 0 Å². The van der Waals surface area contributed by atoms with Crippen LogP contribution in [0.2, 0.25) is 0 Å². The average molecular weight is 478 g/mol. The second-order valence-corrected chi connectivity index (χ2v) is 8.59. The van der Waals surface area contributed by atoms with E-state index >= 15 is 0 Å². The van der Waals surface area contributed by atoms with E-state index in [1.165, 1.54) is 6.26 Å². The van der Waals surface area contributed by atoms with Crippen LogP contribution in [0.1, 0.15) is 53.4 Å². The molecule has 8 nitrogen and oxygen atoms in total. The zero-order valence-corrected chi connectivity index (χ0v) is 20.1. The number of hydrogen-bond acceptors (Lipinski definition) is 6. The molecule has 35 heavy (non-hydrogen) atoms. The first-order chi connectivity index (χ1) is 17.1. The van der Waals surface area contributed by atoms with Crippen molar-refractivity contribution in [2.45, 2.75) is 44.2 Å².